The van der Waals surface area contributed by atoms with Crippen LogP contribution in [0.3, 0.4) is 0 Å². The van der Waals surface area contributed by atoms with Crippen LogP contribution < -0.4 is 5.32 Å². The van der Waals surface area contributed by atoms with Gasteiger partial charge in [-0.1, -0.05) is 30.3 Å². The van der Waals surface area contributed by atoms with E-state index in [1.807, 2.05) is 18.2 Å². The van der Waals surface area contributed by atoms with E-state index < -0.39 is 0 Å². The van der Waals surface area contributed by atoms with Crippen molar-refractivity contribution in [1.82, 2.24) is 5.32 Å². The summed E-state index contributed by atoms with van der Waals surface area (Å²) in [5, 5.41) is 3.87. The van der Waals surface area contributed by atoms with Gasteiger partial charge in [0.25, 0.3) is 0 Å². The second kappa shape index (κ2) is 3.60. The fourth-order valence-corrected chi connectivity index (χ4v) is 1.67. The molecule has 1 fully saturated rings. The van der Waals surface area contributed by atoms with E-state index in [9.17, 15) is 4.79 Å². The van der Waals surface area contributed by atoms with E-state index in [2.05, 4.69) is 17.4 Å². The fraction of sp³-hybridized carbons (Fsp3) is 0.364. The first-order chi connectivity index (χ1) is 6.36. The number of nitrogens with zero attached hydrogens (tertiary/aromatic N) is 1. The van der Waals surface area contributed by atoms with Gasteiger partial charge in [-0.15, -0.1) is 0 Å². The van der Waals surface area contributed by atoms with Gasteiger partial charge in [0.05, 0.1) is 0 Å². The third-order valence-electron chi connectivity index (χ3n) is 2.42. The second-order valence-corrected chi connectivity index (χ2v) is 3.40. The van der Waals surface area contributed by atoms with Gasteiger partial charge in [0.1, 0.15) is 0 Å². The van der Waals surface area contributed by atoms with Gasteiger partial charge in [-0.05, 0) is 18.4 Å². The second-order valence-electron chi connectivity index (χ2n) is 3.40. The number of benzene rings is 1. The SMILES string of the molecule is O=C1[N]CCC1Cc1ccccc1. The Labute approximate surface area is 78.0 Å². The molecule has 1 aromatic carbocycles. The Hall–Kier alpha value is -1.31. The Morgan fingerprint density at radius 1 is 1.31 bits per heavy atom. The molecule has 1 unspecified atom stereocenters. The van der Waals surface area contributed by atoms with Crippen LogP contribution >= 0.6 is 0 Å². The minimum Gasteiger partial charge on any atom is -0.273 e. The summed E-state index contributed by atoms with van der Waals surface area (Å²) in [5.74, 6) is 0.228. The molecule has 0 N–H and O–H groups in total. The molecule has 1 heterocycles. The third-order valence-corrected chi connectivity index (χ3v) is 2.42. The molecule has 1 amide bonds. The molecule has 0 saturated carbocycles. The number of rotatable bonds is 2. The molecule has 1 saturated heterocycles. The third kappa shape index (κ3) is 1.89. The van der Waals surface area contributed by atoms with Crippen molar-refractivity contribution in [3.05, 3.63) is 35.9 Å². The molecule has 1 aliphatic rings. The highest BCUT2D eigenvalue weighted by Gasteiger charge is 2.25. The van der Waals surface area contributed by atoms with E-state index in [0.29, 0.717) is 0 Å². The molecule has 67 valence electrons. The molecule has 2 nitrogen and oxygen atoms in total. The Balaban J connectivity index is 2.02. The van der Waals surface area contributed by atoms with Crippen molar-refractivity contribution >= 4 is 5.91 Å². The molecule has 13 heavy (non-hydrogen) atoms. The quantitative estimate of drug-likeness (QED) is 0.666. The van der Waals surface area contributed by atoms with Crippen LogP contribution in [0.4, 0.5) is 0 Å². The van der Waals surface area contributed by atoms with Gasteiger partial charge in [-0.25, -0.2) is 0 Å². The lowest BCUT2D eigenvalue weighted by Gasteiger charge is -2.04. The minimum absolute atomic E-state index is 0.0869. The molecule has 1 aliphatic heterocycles. The monoisotopic (exact) mass is 174 g/mol. The first kappa shape index (κ1) is 8.30. The molecular formula is C11H12NO. The first-order valence-electron chi connectivity index (χ1n) is 4.61. The van der Waals surface area contributed by atoms with Crippen molar-refractivity contribution in [3.63, 3.8) is 0 Å². The van der Waals surface area contributed by atoms with Crippen LogP contribution in [0.15, 0.2) is 30.3 Å². The van der Waals surface area contributed by atoms with E-state index in [1.54, 1.807) is 0 Å². The van der Waals surface area contributed by atoms with E-state index >= 15 is 0 Å². The normalized spacial score (nSPS) is 21.5. The number of carbonyl (C=O) groups excluding carboxylic acids is 1. The number of amides is 1. The highest BCUT2D eigenvalue weighted by Crippen LogP contribution is 2.16. The lowest BCUT2D eigenvalue weighted by atomic mass is 9.98. The zero-order chi connectivity index (χ0) is 9.10. The van der Waals surface area contributed by atoms with Gasteiger partial charge in [0.2, 0.25) is 5.91 Å². The summed E-state index contributed by atoms with van der Waals surface area (Å²) in [6, 6.07) is 10.1. The topological polar surface area (TPSA) is 31.2 Å². The van der Waals surface area contributed by atoms with Gasteiger partial charge < -0.3 is 0 Å². The Morgan fingerprint density at radius 2 is 2.08 bits per heavy atom. The molecule has 0 aromatic heterocycles. The van der Waals surface area contributed by atoms with E-state index in [4.69, 9.17) is 0 Å². The van der Waals surface area contributed by atoms with Crippen LogP contribution in [-0.2, 0) is 11.2 Å². The van der Waals surface area contributed by atoms with Gasteiger partial charge in [0, 0.05) is 12.5 Å². The molecule has 0 spiro atoms. The average Bonchev–Trinajstić information content (AvgIpc) is 2.54. The summed E-state index contributed by atoms with van der Waals surface area (Å²) >= 11 is 0. The zero-order valence-corrected chi connectivity index (χ0v) is 7.44. The Bertz CT molecular complexity index is 294. The van der Waals surface area contributed by atoms with Gasteiger partial charge in [-0.3, -0.25) is 10.1 Å². The minimum atomic E-state index is 0.0869. The highest BCUT2D eigenvalue weighted by molar-refractivity contribution is 5.80. The van der Waals surface area contributed by atoms with Crippen LogP contribution in [0.5, 0.6) is 0 Å². The highest BCUT2D eigenvalue weighted by atomic mass is 16.2. The number of hydrogen-bond donors (Lipinski definition) is 0. The maximum absolute atomic E-state index is 11.2. The molecule has 1 radical (unpaired) electrons. The molecule has 1 atom stereocenters. The predicted molar refractivity (Wildman–Crippen MR) is 50.3 cm³/mol. The smallest absolute Gasteiger partial charge is 0.244 e. The van der Waals surface area contributed by atoms with Crippen LogP contribution in [-0.4, -0.2) is 12.5 Å². The van der Waals surface area contributed by atoms with Gasteiger partial charge >= 0.3 is 0 Å². The summed E-state index contributed by atoms with van der Waals surface area (Å²) in [7, 11) is 0. The van der Waals surface area contributed by atoms with Crippen LogP contribution in [0.2, 0.25) is 0 Å². The Kier molecular flexibility index (Phi) is 2.30. The van der Waals surface area contributed by atoms with Crippen molar-refractivity contribution in [2.75, 3.05) is 6.54 Å². The summed E-state index contributed by atoms with van der Waals surface area (Å²) in [4.78, 5) is 11.2. The van der Waals surface area contributed by atoms with Gasteiger partial charge in [-0.2, -0.15) is 0 Å². The molecule has 2 heteroatoms. The lowest BCUT2D eigenvalue weighted by Crippen LogP contribution is -2.15. The summed E-state index contributed by atoms with van der Waals surface area (Å²) in [6.45, 7) is 0.719. The molecule has 0 bridgehead atoms. The molecule has 2 rings (SSSR count). The van der Waals surface area contributed by atoms with Crippen LogP contribution in [0.25, 0.3) is 0 Å². The summed E-state index contributed by atoms with van der Waals surface area (Å²) in [5.41, 5.74) is 1.23. The zero-order valence-electron chi connectivity index (χ0n) is 7.44. The van der Waals surface area contributed by atoms with E-state index in [0.717, 1.165) is 19.4 Å². The largest absolute Gasteiger partial charge is 0.273 e. The average molecular weight is 174 g/mol. The van der Waals surface area contributed by atoms with Crippen molar-refractivity contribution in [2.45, 2.75) is 12.8 Å². The van der Waals surface area contributed by atoms with Gasteiger partial charge in [0.15, 0.2) is 0 Å². The predicted octanol–water partition coefficient (Wildman–Crippen LogP) is 1.38. The van der Waals surface area contributed by atoms with Crippen LogP contribution in [0.1, 0.15) is 12.0 Å². The first-order valence-corrected chi connectivity index (χ1v) is 4.61. The number of hydrogen-bond acceptors (Lipinski definition) is 1. The van der Waals surface area contributed by atoms with Crippen molar-refractivity contribution in [2.24, 2.45) is 5.92 Å². The maximum atomic E-state index is 11.2. The molecule has 0 aliphatic carbocycles. The van der Waals surface area contributed by atoms with Crippen molar-refractivity contribution in [3.8, 4) is 0 Å². The standard InChI is InChI=1S/C11H12NO/c13-11-10(6-7-12-11)8-9-4-2-1-3-5-9/h1-5,10H,6-8H2. The summed E-state index contributed by atoms with van der Waals surface area (Å²) < 4.78 is 0. The Morgan fingerprint density at radius 3 is 2.69 bits per heavy atom. The van der Waals surface area contributed by atoms with Crippen LogP contribution in [0, 0.1) is 5.92 Å². The van der Waals surface area contributed by atoms with E-state index in [1.165, 1.54) is 5.56 Å². The number of carbonyl (C=O) groups is 1. The molecular weight excluding hydrogens is 162 g/mol. The lowest BCUT2D eigenvalue weighted by molar-refractivity contribution is -0.122. The summed E-state index contributed by atoms with van der Waals surface area (Å²) in [6.07, 6.45) is 1.77. The maximum Gasteiger partial charge on any atom is 0.244 e. The fourth-order valence-electron chi connectivity index (χ4n) is 1.67. The van der Waals surface area contributed by atoms with E-state index in [-0.39, 0.29) is 11.8 Å². The van der Waals surface area contributed by atoms with Crippen molar-refractivity contribution in [1.29, 1.82) is 0 Å². The van der Waals surface area contributed by atoms with Crippen molar-refractivity contribution < 1.29 is 4.79 Å². The molecule has 1 aromatic rings.